The van der Waals surface area contributed by atoms with Gasteiger partial charge in [0.2, 0.25) is 5.91 Å². The van der Waals surface area contributed by atoms with Crippen molar-refractivity contribution in [3.05, 3.63) is 29.3 Å². The molecule has 1 aromatic rings. The molecule has 2 aliphatic rings. The van der Waals surface area contributed by atoms with E-state index in [0.717, 1.165) is 62.1 Å². The molecule has 1 fully saturated rings. The third kappa shape index (κ3) is 3.32. The standard InChI is InChI=1S/C19H26N2O2/c1-13(2)19(23)21-10-4-6-14-11-15(7-8-17(14)21)18(22)16-5-3-9-20-12-16/h7-8,11,13,16,20H,3-6,9-10,12H2,1-2H3. The van der Waals surface area contributed by atoms with Gasteiger partial charge in [-0.2, -0.15) is 0 Å². The molecule has 3 rings (SSSR count). The quantitative estimate of drug-likeness (QED) is 0.873. The van der Waals surface area contributed by atoms with Gasteiger partial charge in [0.25, 0.3) is 0 Å². The fraction of sp³-hybridized carbons (Fsp3) is 0.579. The fourth-order valence-electron chi connectivity index (χ4n) is 3.60. The molecule has 4 nitrogen and oxygen atoms in total. The van der Waals surface area contributed by atoms with Crippen LogP contribution in [0.1, 0.15) is 49.0 Å². The predicted octanol–water partition coefficient (Wildman–Crippen LogP) is 2.80. The van der Waals surface area contributed by atoms with E-state index in [4.69, 9.17) is 0 Å². The minimum Gasteiger partial charge on any atom is -0.316 e. The molecule has 4 heteroatoms. The number of Topliss-reactive ketones (excluding diaryl/α,β-unsaturated/α-hetero) is 1. The van der Waals surface area contributed by atoms with Crippen molar-refractivity contribution >= 4 is 17.4 Å². The van der Waals surface area contributed by atoms with Gasteiger partial charge >= 0.3 is 0 Å². The van der Waals surface area contributed by atoms with E-state index in [-0.39, 0.29) is 23.5 Å². The van der Waals surface area contributed by atoms with Crippen molar-refractivity contribution in [3.8, 4) is 0 Å². The number of carbonyl (C=O) groups is 2. The van der Waals surface area contributed by atoms with Crippen LogP contribution in [0.15, 0.2) is 18.2 Å². The minimum atomic E-state index is -0.00410. The number of rotatable bonds is 3. The van der Waals surface area contributed by atoms with E-state index in [0.29, 0.717) is 0 Å². The lowest BCUT2D eigenvalue weighted by Gasteiger charge is -2.31. The van der Waals surface area contributed by atoms with Crippen LogP contribution in [0.2, 0.25) is 0 Å². The van der Waals surface area contributed by atoms with E-state index in [1.165, 1.54) is 0 Å². The second-order valence-electron chi connectivity index (χ2n) is 7.00. The molecule has 1 aromatic carbocycles. The highest BCUT2D eigenvalue weighted by Gasteiger charge is 2.27. The molecular formula is C19H26N2O2. The Balaban J connectivity index is 1.84. The molecule has 23 heavy (non-hydrogen) atoms. The maximum absolute atomic E-state index is 12.7. The Labute approximate surface area is 138 Å². The molecule has 0 radical (unpaired) electrons. The van der Waals surface area contributed by atoms with Crippen molar-refractivity contribution < 1.29 is 9.59 Å². The smallest absolute Gasteiger partial charge is 0.229 e. The van der Waals surface area contributed by atoms with Crippen LogP contribution in [-0.2, 0) is 11.2 Å². The maximum atomic E-state index is 12.7. The number of nitrogens with one attached hydrogen (secondary N) is 1. The number of hydrogen-bond acceptors (Lipinski definition) is 3. The molecule has 124 valence electrons. The monoisotopic (exact) mass is 314 g/mol. The molecule has 1 N–H and O–H groups in total. The van der Waals surface area contributed by atoms with Gasteiger partial charge in [-0.05, 0) is 56.0 Å². The Morgan fingerprint density at radius 3 is 2.78 bits per heavy atom. The second-order valence-corrected chi connectivity index (χ2v) is 7.00. The van der Waals surface area contributed by atoms with Crippen LogP contribution in [0, 0.1) is 11.8 Å². The third-order valence-electron chi connectivity index (χ3n) is 4.91. The number of carbonyl (C=O) groups excluding carboxylic acids is 2. The van der Waals surface area contributed by atoms with Gasteiger partial charge < -0.3 is 10.2 Å². The Hall–Kier alpha value is -1.68. The molecule has 1 saturated heterocycles. The van der Waals surface area contributed by atoms with Crippen LogP contribution in [0.4, 0.5) is 5.69 Å². The summed E-state index contributed by atoms with van der Waals surface area (Å²) < 4.78 is 0. The first-order valence-corrected chi connectivity index (χ1v) is 8.77. The Bertz CT molecular complexity index is 603. The zero-order chi connectivity index (χ0) is 16.4. The van der Waals surface area contributed by atoms with Crippen molar-refractivity contribution in [2.24, 2.45) is 11.8 Å². The number of piperidine rings is 1. The topological polar surface area (TPSA) is 49.4 Å². The first-order chi connectivity index (χ1) is 11.1. The summed E-state index contributed by atoms with van der Waals surface area (Å²) in [4.78, 5) is 27.0. The molecule has 1 unspecified atom stereocenters. The van der Waals surface area contributed by atoms with Crippen LogP contribution in [0.3, 0.4) is 0 Å². The van der Waals surface area contributed by atoms with Crippen LogP contribution in [0.5, 0.6) is 0 Å². The molecule has 1 atom stereocenters. The first kappa shape index (κ1) is 16.2. The number of nitrogens with zero attached hydrogens (tertiary/aromatic N) is 1. The van der Waals surface area contributed by atoms with Crippen LogP contribution in [-0.4, -0.2) is 31.3 Å². The minimum absolute atomic E-state index is 0.00410. The van der Waals surface area contributed by atoms with Crippen LogP contribution >= 0.6 is 0 Å². The summed E-state index contributed by atoms with van der Waals surface area (Å²) in [7, 11) is 0. The van der Waals surface area contributed by atoms with Crippen LogP contribution < -0.4 is 10.2 Å². The van der Waals surface area contributed by atoms with Gasteiger partial charge in [0.05, 0.1) is 0 Å². The second kappa shape index (κ2) is 6.83. The number of fused-ring (bicyclic) bond motifs is 1. The SMILES string of the molecule is CC(C)C(=O)N1CCCc2cc(C(=O)C3CCCNC3)ccc21. The van der Waals surface area contributed by atoms with E-state index in [1.807, 2.05) is 36.9 Å². The van der Waals surface area contributed by atoms with E-state index in [9.17, 15) is 9.59 Å². The van der Waals surface area contributed by atoms with Crippen molar-refractivity contribution in [2.75, 3.05) is 24.5 Å². The molecular weight excluding hydrogens is 288 g/mol. The Kier molecular flexibility index (Phi) is 4.81. The third-order valence-corrected chi connectivity index (χ3v) is 4.91. The zero-order valence-electron chi connectivity index (χ0n) is 14.1. The van der Waals surface area contributed by atoms with Gasteiger partial charge in [-0.15, -0.1) is 0 Å². The number of aryl methyl sites for hydroxylation is 1. The maximum Gasteiger partial charge on any atom is 0.229 e. The van der Waals surface area contributed by atoms with Crippen LogP contribution in [0.25, 0.3) is 0 Å². The molecule has 0 bridgehead atoms. The molecule has 0 spiro atoms. The number of anilines is 1. The summed E-state index contributed by atoms with van der Waals surface area (Å²) in [6.45, 7) is 6.45. The molecule has 1 amide bonds. The Morgan fingerprint density at radius 1 is 1.26 bits per heavy atom. The summed E-state index contributed by atoms with van der Waals surface area (Å²) in [6.07, 6.45) is 3.95. The largest absolute Gasteiger partial charge is 0.316 e. The first-order valence-electron chi connectivity index (χ1n) is 8.77. The summed E-state index contributed by atoms with van der Waals surface area (Å²) in [5.41, 5.74) is 2.93. The highest BCUT2D eigenvalue weighted by Crippen LogP contribution is 2.30. The Morgan fingerprint density at radius 2 is 2.09 bits per heavy atom. The lowest BCUT2D eigenvalue weighted by Crippen LogP contribution is -2.38. The highest BCUT2D eigenvalue weighted by atomic mass is 16.2. The van der Waals surface area contributed by atoms with Gasteiger partial charge in [-0.1, -0.05) is 13.8 Å². The van der Waals surface area contributed by atoms with Crippen molar-refractivity contribution in [3.63, 3.8) is 0 Å². The van der Waals surface area contributed by atoms with E-state index >= 15 is 0 Å². The van der Waals surface area contributed by atoms with E-state index < -0.39 is 0 Å². The normalized spacial score (nSPS) is 21.2. The zero-order valence-corrected chi connectivity index (χ0v) is 14.1. The molecule has 0 aromatic heterocycles. The highest BCUT2D eigenvalue weighted by molar-refractivity contribution is 6.00. The average molecular weight is 314 g/mol. The molecule has 2 heterocycles. The van der Waals surface area contributed by atoms with Gasteiger partial charge in [-0.25, -0.2) is 0 Å². The number of hydrogen-bond donors (Lipinski definition) is 1. The lowest BCUT2D eigenvalue weighted by molar-refractivity contribution is -0.121. The molecule has 2 aliphatic heterocycles. The van der Waals surface area contributed by atoms with Crippen molar-refractivity contribution in [1.82, 2.24) is 5.32 Å². The van der Waals surface area contributed by atoms with E-state index in [1.54, 1.807) is 0 Å². The summed E-state index contributed by atoms with van der Waals surface area (Å²) in [5.74, 6) is 0.503. The van der Waals surface area contributed by atoms with Gasteiger partial charge in [-0.3, -0.25) is 9.59 Å². The lowest BCUT2D eigenvalue weighted by atomic mass is 9.89. The molecule has 0 saturated carbocycles. The summed E-state index contributed by atoms with van der Waals surface area (Å²) in [5, 5.41) is 3.31. The van der Waals surface area contributed by atoms with Crippen molar-refractivity contribution in [1.29, 1.82) is 0 Å². The van der Waals surface area contributed by atoms with Crippen molar-refractivity contribution in [2.45, 2.75) is 39.5 Å². The van der Waals surface area contributed by atoms with E-state index in [2.05, 4.69) is 5.32 Å². The predicted molar refractivity (Wildman–Crippen MR) is 91.9 cm³/mol. The van der Waals surface area contributed by atoms with Gasteiger partial charge in [0.15, 0.2) is 5.78 Å². The number of benzene rings is 1. The number of ketones is 1. The summed E-state index contributed by atoms with van der Waals surface area (Å²) >= 11 is 0. The molecule has 0 aliphatic carbocycles. The fourth-order valence-corrected chi connectivity index (χ4v) is 3.60. The average Bonchev–Trinajstić information content (AvgIpc) is 2.60. The van der Waals surface area contributed by atoms with Gasteiger partial charge in [0, 0.05) is 36.2 Å². The van der Waals surface area contributed by atoms with Gasteiger partial charge in [0.1, 0.15) is 0 Å². The number of amides is 1. The summed E-state index contributed by atoms with van der Waals surface area (Å²) in [6, 6.07) is 5.89.